The van der Waals surface area contributed by atoms with Gasteiger partial charge >= 0.3 is 12.1 Å². The monoisotopic (exact) mass is 464 g/mol. The van der Waals surface area contributed by atoms with Gasteiger partial charge in [0.15, 0.2) is 11.3 Å². The number of pyridine rings is 1. The van der Waals surface area contributed by atoms with Gasteiger partial charge in [0.05, 0.1) is 55.4 Å². The molecular formula is C20H19F3N6O4. The van der Waals surface area contributed by atoms with Gasteiger partial charge in [-0.2, -0.15) is 28.8 Å². The molecule has 0 radical (unpaired) electrons. The van der Waals surface area contributed by atoms with Crippen molar-refractivity contribution in [2.45, 2.75) is 32.2 Å². The second-order valence-electron chi connectivity index (χ2n) is 7.19. The van der Waals surface area contributed by atoms with Crippen molar-refractivity contribution in [2.75, 3.05) is 19.0 Å². The number of anilines is 1. The molecule has 2 aromatic rings. The van der Waals surface area contributed by atoms with Crippen LogP contribution in [-0.2, 0) is 31.8 Å². The van der Waals surface area contributed by atoms with E-state index in [1.54, 1.807) is 0 Å². The first-order valence-electron chi connectivity index (χ1n) is 9.36. The lowest BCUT2D eigenvalue weighted by molar-refractivity contribution is -0.155. The second kappa shape index (κ2) is 10.1. The molecule has 1 N–H and O–H groups in total. The summed E-state index contributed by atoms with van der Waals surface area (Å²) in [6.45, 7) is 2.38. The van der Waals surface area contributed by atoms with Crippen molar-refractivity contribution in [2.24, 2.45) is 5.92 Å². The highest BCUT2D eigenvalue weighted by Gasteiger charge is 2.38. The molecule has 2 atom stereocenters. The van der Waals surface area contributed by atoms with E-state index >= 15 is 0 Å². The molecule has 0 aliphatic rings. The van der Waals surface area contributed by atoms with Gasteiger partial charge in [-0.25, -0.2) is 4.98 Å². The molecule has 2 aromatic heterocycles. The standard InChI is InChI=1S/C20H19F3N6O4/c1-12(17(30)32-3)10-33-19(2,11-29-9-13(5-24)7-27-29)18(31)28-14-4-15(20(21,22)23)16(6-25)26-8-14/h4,7-9,12H,10-11H2,1-3H3,(H,28,31)/t12?,19-/m0/s1. The average molecular weight is 464 g/mol. The number of amides is 1. The number of nitrogens with one attached hydrogen (secondary N) is 1. The summed E-state index contributed by atoms with van der Waals surface area (Å²) in [6, 6.07) is 3.82. The zero-order chi connectivity index (χ0) is 24.8. The van der Waals surface area contributed by atoms with Gasteiger partial charge < -0.3 is 14.8 Å². The first kappa shape index (κ1) is 25.3. The Bertz CT molecular complexity index is 1120. The summed E-state index contributed by atoms with van der Waals surface area (Å²) < 4.78 is 51.2. The molecule has 13 heteroatoms. The normalized spacial score (nSPS) is 13.8. The van der Waals surface area contributed by atoms with Crippen molar-refractivity contribution in [3.63, 3.8) is 0 Å². The van der Waals surface area contributed by atoms with E-state index in [-0.39, 0.29) is 24.4 Å². The highest BCUT2D eigenvalue weighted by molar-refractivity contribution is 5.97. The van der Waals surface area contributed by atoms with Gasteiger partial charge in [0.1, 0.15) is 12.1 Å². The molecule has 10 nitrogen and oxygen atoms in total. The Labute approximate surface area is 186 Å². The molecule has 33 heavy (non-hydrogen) atoms. The quantitative estimate of drug-likeness (QED) is 0.586. The number of nitriles is 2. The Morgan fingerprint density at radius 2 is 1.97 bits per heavy atom. The van der Waals surface area contributed by atoms with Gasteiger partial charge in [-0.3, -0.25) is 14.3 Å². The van der Waals surface area contributed by atoms with Gasteiger partial charge in [0, 0.05) is 6.20 Å². The topological polar surface area (TPSA) is 143 Å². The smallest absolute Gasteiger partial charge is 0.419 e. The summed E-state index contributed by atoms with van der Waals surface area (Å²) in [6.07, 6.45) is -1.35. The Morgan fingerprint density at radius 3 is 2.52 bits per heavy atom. The van der Waals surface area contributed by atoms with Gasteiger partial charge in [-0.15, -0.1) is 0 Å². The van der Waals surface area contributed by atoms with Crippen LogP contribution in [0, 0.1) is 28.6 Å². The van der Waals surface area contributed by atoms with Crippen LogP contribution < -0.4 is 5.32 Å². The fourth-order valence-electron chi connectivity index (χ4n) is 2.68. The van der Waals surface area contributed by atoms with E-state index in [4.69, 9.17) is 15.3 Å². The SMILES string of the molecule is COC(=O)C(C)CO[C@@](C)(Cn1cc(C#N)cn1)C(=O)Nc1cnc(C#N)c(C(F)(F)F)c1. The maximum absolute atomic E-state index is 13.2. The number of ether oxygens (including phenoxy) is 2. The van der Waals surface area contributed by atoms with Crippen LogP contribution >= 0.6 is 0 Å². The summed E-state index contributed by atoms with van der Waals surface area (Å²) in [5, 5.41) is 24.1. The van der Waals surface area contributed by atoms with E-state index in [0.29, 0.717) is 6.07 Å². The number of alkyl halides is 3. The zero-order valence-electron chi connectivity index (χ0n) is 17.8. The van der Waals surface area contributed by atoms with Crippen LogP contribution in [0.4, 0.5) is 18.9 Å². The molecule has 2 heterocycles. The maximum atomic E-state index is 13.2. The lowest BCUT2D eigenvalue weighted by Crippen LogP contribution is -2.47. The number of nitrogens with zero attached hydrogens (tertiary/aromatic N) is 5. The number of carbonyl (C=O) groups is 2. The number of hydrogen-bond donors (Lipinski definition) is 1. The van der Waals surface area contributed by atoms with Crippen LogP contribution in [0.1, 0.15) is 30.7 Å². The van der Waals surface area contributed by atoms with E-state index in [1.165, 1.54) is 44.1 Å². The third kappa shape index (κ3) is 6.27. The van der Waals surface area contributed by atoms with E-state index < -0.39 is 40.8 Å². The average Bonchev–Trinajstić information content (AvgIpc) is 3.23. The molecular weight excluding hydrogens is 445 g/mol. The summed E-state index contributed by atoms with van der Waals surface area (Å²) in [4.78, 5) is 28.2. The minimum atomic E-state index is -4.86. The van der Waals surface area contributed by atoms with Gasteiger partial charge in [0.2, 0.25) is 0 Å². The summed E-state index contributed by atoms with van der Waals surface area (Å²) in [7, 11) is 1.19. The molecule has 0 aliphatic carbocycles. The zero-order valence-corrected chi connectivity index (χ0v) is 17.8. The van der Waals surface area contributed by atoms with Crippen LogP contribution in [0.2, 0.25) is 0 Å². The fraction of sp³-hybridized carbons (Fsp3) is 0.400. The third-order valence-corrected chi connectivity index (χ3v) is 4.52. The highest BCUT2D eigenvalue weighted by atomic mass is 19.4. The first-order chi connectivity index (χ1) is 15.4. The second-order valence-corrected chi connectivity index (χ2v) is 7.19. The molecule has 1 unspecified atom stereocenters. The van der Waals surface area contributed by atoms with Crippen molar-refractivity contribution >= 4 is 17.6 Å². The largest absolute Gasteiger partial charge is 0.469 e. The summed E-state index contributed by atoms with van der Waals surface area (Å²) in [5.74, 6) is -2.20. The number of aromatic nitrogens is 3. The highest BCUT2D eigenvalue weighted by Crippen LogP contribution is 2.32. The molecule has 0 spiro atoms. The first-order valence-corrected chi connectivity index (χ1v) is 9.36. The number of methoxy groups -OCH3 is 1. The molecule has 0 aliphatic heterocycles. The third-order valence-electron chi connectivity index (χ3n) is 4.52. The summed E-state index contributed by atoms with van der Waals surface area (Å²) >= 11 is 0. The molecule has 0 aromatic carbocycles. The van der Waals surface area contributed by atoms with Gasteiger partial charge in [0.25, 0.3) is 5.91 Å². The lowest BCUT2D eigenvalue weighted by atomic mass is 10.0. The van der Waals surface area contributed by atoms with Crippen LogP contribution in [0.5, 0.6) is 0 Å². The van der Waals surface area contributed by atoms with Crippen molar-refractivity contribution in [1.29, 1.82) is 10.5 Å². The van der Waals surface area contributed by atoms with E-state index in [2.05, 4.69) is 20.1 Å². The van der Waals surface area contributed by atoms with Crippen molar-refractivity contribution in [3.05, 3.63) is 41.5 Å². The van der Waals surface area contributed by atoms with E-state index in [9.17, 15) is 22.8 Å². The Kier molecular flexibility index (Phi) is 7.74. The van der Waals surface area contributed by atoms with E-state index in [0.717, 1.165) is 6.20 Å². The van der Waals surface area contributed by atoms with E-state index in [1.807, 2.05) is 6.07 Å². The van der Waals surface area contributed by atoms with Crippen molar-refractivity contribution in [3.8, 4) is 12.1 Å². The van der Waals surface area contributed by atoms with Crippen LogP contribution in [0.25, 0.3) is 0 Å². The van der Waals surface area contributed by atoms with Crippen LogP contribution in [-0.4, -0.2) is 46.0 Å². The van der Waals surface area contributed by atoms with Crippen molar-refractivity contribution < 1.29 is 32.2 Å². The number of rotatable bonds is 8. The summed E-state index contributed by atoms with van der Waals surface area (Å²) in [5.41, 5.74) is -3.98. The van der Waals surface area contributed by atoms with Crippen LogP contribution in [0.15, 0.2) is 24.7 Å². The number of hydrogen-bond acceptors (Lipinski definition) is 8. The Balaban J connectivity index is 2.33. The molecule has 2 rings (SSSR count). The Morgan fingerprint density at radius 1 is 1.27 bits per heavy atom. The minimum Gasteiger partial charge on any atom is -0.469 e. The minimum absolute atomic E-state index is 0.215. The number of halogens is 3. The predicted molar refractivity (Wildman–Crippen MR) is 105 cm³/mol. The van der Waals surface area contributed by atoms with Crippen LogP contribution in [0.3, 0.4) is 0 Å². The molecule has 0 fully saturated rings. The van der Waals surface area contributed by atoms with Gasteiger partial charge in [-0.05, 0) is 19.9 Å². The molecule has 0 bridgehead atoms. The molecule has 1 amide bonds. The predicted octanol–water partition coefficient (Wildman–Crippen LogP) is 2.26. The molecule has 174 valence electrons. The Hall–Kier alpha value is -3.97. The lowest BCUT2D eigenvalue weighted by Gasteiger charge is -2.29. The fourth-order valence-corrected chi connectivity index (χ4v) is 2.68. The number of carbonyl (C=O) groups excluding carboxylic acids is 2. The van der Waals surface area contributed by atoms with Gasteiger partial charge in [-0.1, -0.05) is 0 Å². The maximum Gasteiger partial charge on any atom is 0.419 e. The molecule has 0 saturated heterocycles. The number of esters is 1. The van der Waals surface area contributed by atoms with Crippen molar-refractivity contribution in [1.82, 2.24) is 14.8 Å². The molecule has 0 saturated carbocycles.